The lowest BCUT2D eigenvalue weighted by atomic mass is 10.2. The quantitative estimate of drug-likeness (QED) is 0.741. The van der Waals surface area contributed by atoms with Crippen molar-refractivity contribution in [1.29, 1.82) is 5.26 Å². The Hall–Kier alpha value is -2.20. The zero-order chi connectivity index (χ0) is 14.8. The fourth-order valence-electron chi connectivity index (χ4n) is 1.30. The summed E-state index contributed by atoms with van der Waals surface area (Å²) < 4.78 is 4.93. The molecule has 0 spiro atoms. The van der Waals surface area contributed by atoms with E-state index in [9.17, 15) is 9.59 Å². The molecular weight excluding hydrogens is 280 g/mol. The number of ether oxygens (including phenoxy) is 1. The van der Waals surface area contributed by atoms with Gasteiger partial charge in [0.15, 0.2) is 0 Å². The van der Waals surface area contributed by atoms with Gasteiger partial charge in [0.2, 0.25) is 0 Å². The molecule has 0 aliphatic rings. The fraction of sp³-hybridized carbons (Fsp3) is 0.308. The number of hydrogen-bond donors (Lipinski definition) is 2. The summed E-state index contributed by atoms with van der Waals surface area (Å²) in [7, 11) is 0. The number of carbonyl (C=O) groups is 2. The van der Waals surface area contributed by atoms with Gasteiger partial charge >= 0.3 is 12.1 Å². The standard InChI is InChI=1S/C13H14N2O4S/c14-6-7-20-9-11(12(16)17)15-13(18)19-8-10-4-2-1-3-5-10/h1-5,11H,7-9H2,(H,15,18)(H,16,17)/t11-/m0/s1. The third-order valence-corrected chi connectivity index (χ3v) is 3.16. The number of thioether (sulfide) groups is 1. The van der Waals surface area contributed by atoms with Gasteiger partial charge in [-0.2, -0.15) is 5.26 Å². The van der Waals surface area contributed by atoms with Crippen molar-refractivity contribution in [3.8, 4) is 6.07 Å². The van der Waals surface area contributed by atoms with Crippen LogP contribution in [0.1, 0.15) is 5.56 Å². The number of carbonyl (C=O) groups excluding carboxylic acids is 1. The molecule has 106 valence electrons. The molecule has 1 amide bonds. The highest BCUT2D eigenvalue weighted by molar-refractivity contribution is 7.99. The van der Waals surface area contributed by atoms with E-state index in [2.05, 4.69) is 5.32 Å². The van der Waals surface area contributed by atoms with Crippen molar-refractivity contribution >= 4 is 23.8 Å². The Kier molecular flexibility index (Phi) is 7.00. The molecule has 0 saturated heterocycles. The monoisotopic (exact) mass is 294 g/mol. The zero-order valence-electron chi connectivity index (χ0n) is 10.6. The Balaban J connectivity index is 2.38. The average Bonchev–Trinajstić information content (AvgIpc) is 2.45. The van der Waals surface area contributed by atoms with Crippen molar-refractivity contribution in [2.45, 2.75) is 12.6 Å². The second-order valence-electron chi connectivity index (χ2n) is 3.77. The SMILES string of the molecule is N#CCSC[C@H](NC(=O)OCc1ccccc1)C(=O)O. The number of alkyl carbamates (subject to hydrolysis) is 1. The van der Waals surface area contributed by atoms with Crippen LogP contribution in [-0.2, 0) is 16.1 Å². The van der Waals surface area contributed by atoms with E-state index in [1.807, 2.05) is 24.3 Å². The molecule has 0 unspecified atom stereocenters. The number of carboxylic acid groups (broad SMARTS) is 1. The molecule has 0 fully saturated rings. The Morgan fingerprint density at radius 2 is 2.10 bits per heavy atom. The van der Waals surface area contributed by atoms with Crippen LogP contribution in [0.3, 0.4) is 0 Å². The van der Waals surface area contributed by atoms with Crippen LogP contribution in [0.15, 0.2) is 30.3 Å². The minimum Gasteiger partial charge on any atom is -0.480 e. The van der Waals surface area contributed by atoms with E-state index in [1.165, 1.54) is 0 Å². The molecule has 7 heteroatoms. The van der Waals surface area contributed by atoms with E-state index >= 15 is 0 Å². The molecule has 1 aromatic rings. The maximum absolute atomic E-state index is 11.5. The Labute approximate surface area is 120 Å². The van der Waals surface area contributed by atoms with Crippen LogP contribution in [0.5, 0.6) is 0 Å². The molecule has 0 aliphatic carbocycles. The number of nitrogens with one attached hydrogen (secondary N) is 1. The topological polar surface area (TPSA) is 99.4 Å². The van der Waals surface area contributed by atoms with Crippen LogP contribution in [0, 0.1) is 11.3 Å². The lowest BCUT2D eigenvalue weighted by Crippen LogP contribution is -2.42. The summed E-state index contributed by atoms with van der Waals surface area (Å²) in [5, 5.41) is 19.6. The predicted molar refractivity (Wildman–Crippen MR) is 74.1 cm³/mol. The molecule has 0 saturated carbocycles. The van der Waals surface area contributed by atoms with Crippen LogP contribution >= 0.6 is 11.8 Å². The molecule has 1 aromatic carbocycles. The van der Waals surface area contributed by atoms with Crippen LogP contribution in [0.4, 0.5) is 4.79 Å². The van der Waals surface area contributed by atoms with Gasteiger partial charge < -0.3 is 15.2 Å². The van der Waals surface area contributed by atoms with Crippen molar-refractivity contribution < 1.29 is 19.4 Å². The highest BCUT2D eigenvalue weighted by Crippen LogP contribution is 2.04. The van der Waals surface area contributed by atoms with Crippen molar-refractivity contribution in [2.24, 2.45) is 0 Å². The first-order valence-corrected chi connectivity index (χ1v) is 6.93. The molecule has 0 aromatic heterocycles. The summed E-state index contributed by atoms with van der Waals surface area (Å²) in [5.74, 6) is -0.875. The molecule has 2 N–H and O–H groups in total. The normalized spacial score (nSPS) is 11.2. The number of aliphatic carboxylic acids is 1. The number of carboxylic acids is 1. The molecular formula is C13H14N2O4S. The van der Waals surface area contributed by atoms with Gasteiger partial charge in [-0.25, -0.2) is 9.59 Å². The number of nitriles is 1. The second kappa shape index (κ2) is 8.82. The summed E-state index contributed by atoms with van der Waals surface area (Å²) in [6.45, 7) is 0.0738. The number of amides is 1. The number of nitrogens with zero attached hydrogens (tertiary/aromatic N) is 1. The van der Waals surface area contributed by atoms with E-state index in [0.717, 1.165) is 17.3 Å². The lowest BCUT2D eigenvalue weighted by molar-refractivity contribution is -0.138. The van der Waals surface area contributed by atoms with E-state index in [0.29, 0.717) is 0 Å². The molecule has 20 heavy (non-hydrogen) atoms. The minimum atomic E-state index is -1.16. The van der Waals surface area contributed by atoms with Gasteiger partial charge in [0.05, 0.1) is 11.8 Å². The molecule has 0 heterocycles. The summed E-state index contributed by atoms with van der Waals surface area (Å²) in [6, 6.07) is 9.88. The van der Waals surface area contributed by atoms with Gasteiger partial charge in [0.25, 0.3) is 0 Å². The lowest BCUT2D eigenvalue weighted by Gasteiger charge is -2.13. The van der Waals surface area contributed by atoms with Gasteiger partial charge in [-0.3, -0.25) is 0 Å². The van der Waals surface area contributed by atoms with Crippen molar-refractivity contribution in [1.82, 2.24) is 5.32 Å². The third-order valence-electron chi connectivity index (χ3n) is 2.25. The Bertz CT molecular complexity index is 487. The van der Waals surface area contributed by atoms with E-state index in [4.69, 9.17) is 15.1 Å². The van der Waals surface area contributed by atoms with Gasteiger partial charge in [-0.15, -0.1) is 11.8 Å². The predicted octanol–water partition coefficient (Wildman–Crippen LogP) is 1.62. The second-order valence-corrected chi connectivity index (χ2v) is 4.80. The summed E-state index contributed by atoms with van der Waals surface area (Å²) in [4.78, 5) is 22.4. The molecule has 1 rings (SSSR count). The van der Waals surface area contributed by atoms with Gasteiger partial charge in [-0.1, -0.05) is 30.3 Å². The van der Waals surface area contributed by atoms with Crippen molar-refractivity contribution in [2.75, 3.05) is 11.5 Å². The third kappa shape index (κ3) is 6.11. The highest BCUT2D eigenvalue weighted by Gasteiger charge is 2.20. The van der Waals surface area contributed by atoms with Crippen molar-refractivity contribution in [3.05, 3.63) is 35.9 Å². The summed E-state index contributed by atoms with van der Waals surface area (Å²) in [5.41, 5.74) is 0.813. The zero-order valence-corrected chi connectivity index (χ0v) is 11.4. The van der Waals surface area contributed by atoms with E-state index in [-0.39, 0.29) is 18.1 Å². The first kappa shape index (κ1) is 15.9. The van der Waals surface area contributed by atoms with Crippen LogP contribution in [0.2, 0.25) is 0 Å². The van der Waals surface area contributed by atoms with Gasteiger partial charge in [-0.05, 0) is 5.56 Å². The van der Waals surface area contributed by atoms with E-state index in [1.54, 1.807) is 12.1 Å². The van der Waals surface area contributed by atoms with Gasteiger partial charge in [0.1, 0.15) is 12.6 Å². The van der Waals surface area contributed by atoms with Gasteiger partial charge in [0, 0.05) is 5.75 Å². The number of benzene rings is 1. The summed E-state index contributed by atoms with van der Waals surface area (Å²) in [6.07, 6.45) is -0.793. The number of hydrogen-bond acceptors (Lipinski definition) is 5. The van der Waals surface area contributed by atoms with Crippen LogP contribution < -0.4 is 5.32 Å². The first-order valence-electron chi connectivity index (χ1n) is 5.78. The minimum absolute atomic E-state index is 0.0738. The maximum atomic E-state index is 11.5. The molecule has 6 nitrogen and oxygen atoms in total. The first-order chi connectivity index (χ1) is 9.63. The molecule has 0 radical (unpaired) electrons. The van der Waals surface area contributed by atoms with Crippen molar-refractivity contribution in [3.63, 3.8) is 0 Å². The number of rotatable bonds is 7. The smallest absolute Gasteiger partial charge is 0.408 e. The largest absolute Gasteiger partial charge is 0.480 e. The Morgan fingerprint density at radius 1 is 1.40 bits per heavy atom. The molecule has 0 aliphatic heterocycles. The van der Waals surface area contributed by atoms with E-state index < -0.39 is 18.1 Å². The molecule has 0 bridgehead atoms. The highest BCUT2D eigenvalue weighted by atomic mass is 32.2. The fourth-order valence-corrected chi connectivity index (χ4v) is 1.97. The average molecular weight is 294 g/mol. The molecule has 1 atom stereocenters. The van der Waals surface area contributed by atoms with Crippen LogP contribution in [0.25, 0.3) is 0 Å². The maximum Gasteiger partial charge on any atom is 0.408 e. The Morgan fingerprint density at radius 3 is 2.70 bits per heavy atom. The van der Waals surface area contributed by atoms with Crippen LogP contribution in [-0.4, -0.2) is 34.7 Å². The summed E-state index contributed by atoms with van der Waals surface area (Å²) >= 11 is 1.13.